The molecule has 4 atom stereocenters. The molecule has 15 heteroatoms. The van der Waals surface area contributed by atoms with Crippen molar-refractivity contribution in [2.24, 2.45) is 17.8 Å². The summed E-state index contributed by atoms with van der Waals surface area (Å²) in [7, 11) is 4.16. The minimum absolute atomic E-state index is 0.0284. The van der Waals surface area contributed by atoms with Crippen LogP contribution in [0.5, 0.6) is 11.5 Å². The fourth-order valence-electron chi connectivity index (χ4n) is 7.21. The summed E-state index contributed by atoms with van der Waals surface area (Å²) in [6.45, 7) is 0. The number of allylic oxidation sites excluding steroid dienone is 6. The summed E-state index contributed by atoms with van der Waals surface area (Å²) < 4.78 is 5.32. The number of carbonyl (C=O) groups excluding carboxylic acids is 4. The number of Topliss-reactive ketones (excluding diaryl/α,β-unsaturated/α-hetero) is 1. The number of ketones is 2. The first kappa shape index (κ1) is 30.8. The number of para-hydroxylation sites is 1. The van der Waals surface area contributed by atoms with Gasteiger partial charge in [0.1, 0.15) is 0 Å². The molecular weight excluding hydrogens is 668 g/mol. The Morgan fingerprint density at radius 1 is 1.02 bits per heavy atom. The number of carbonyl (C=O) groups is 4. The van der Waals surface area contributed by atoms with Crippen molar-refractivity contribution in [1.82, 2.24) is 0 Å². The molecule has 4 aliphatic rings. The predicted molar refractivity (Wildman–Crippen MR) is 166 cm³/mol. The van der Waals surface area contributed by atoms with Crippen LogP contribution < -0.4 is 14.5 Å². The maximum atomic E-state index is 14.2. The summed E-state index contributed by atoms with van der Waals surface area (Å²) in [5.41, 5.74) is -0.827. The number of methoxy groups -OCH3 is 1. The zero-order valence-electron chi connectivity index (χ0n) is 24.6. The van der Waals surface area contributed by atoms with Crippen molar-refractivity contribution in [2.45, 2.75) is 18.8 Å². The van der Waals surface area contributed by atoms with Gasteiger partial charge in [-0.1, -0.05) is 23.8 Å². The summed E-state index contributed by atoms with van der Waals surface area (Å²) >= 11 is 3.16. The van der Waals surface area contributed by atoms with E-state index >= 15 is 0 Å². The number of fused-ring (bicyclic) bond motifs is 3. The number of hydrogen-bond donors (Lipinski definition) is 1. The SMILES string of the molecule is COc1cccc([C@H]2C3=CC[C@@H]4C(=O)N(c5cc([N+](=O)[O-])c(N(C)C)c([N+](=O)[O-])c5)C(=O)[C@@H]4[C@@H]3CC3=C2C(=O)C=C(Br)C3=O)c1O. The van der Waals surface area contributed by atoms with Crippen LogP contribution in [0.4, 0.5) is 22.7 Å². The quantitative estimate of drug-likeness (QED) is 0.150. The lowest BCUT2D eigenvalue weighted by atomic mass is 9.59. The normalized spacial score (nSPS) is 23.8. The average Bonchev–Trinajstić information content (AvgIpc) is 3.27. The van der Waals surface area contributed by atoms with Crippen LogP contribution in [-0.2, 0) is 19.2 Å². The van der Waals surface area contributed by atoms with Gasteiger partial charge in [-0.05, 0) is 40.8 Å². The van der Waals surface area contributed by atoms with Gasteiger partial charge >= 0.3 is 11.4 Å². The molecule has 236 valence electrons. The second-order valence-corrected chi connectivity index (χ2v) is 12.4. The van der Waals surface area contributed by atoms with Gasteiger partial charge in [0.25, 0.3) is 0 Å². The van der Waals surface area contributed by atoms with Gasteiger partial charge < -0.3 is 14.7 Å². The highest BCUT2D eigenvalue weighted by Gasteiger charge is 2.57. The molecule has 0 bridgehead atoms. The molecule has 2 aromatic carbocycles. The van der Waals surface area contributed by atoms with Gasteiger partial charge in [-0.25, -0.2) is 4.90 Å². The molecule has 1 N–H and O–H groups in total. The van der Waals surface area contributed by atoms with Crippen molar-refractivity contribution in [2.75, 3.05) is 31.0 Å². The number of anilines is 2. The number of aromatic hydroxyl groups is 1. The van der Waals surface area contributed by atoms with E-state index in [0.717, 1.165) is 17.0 Å². The highest BCUT2D eigenvalue weighted by Crippen LogP contribution is 2.57. The fraction of sp³-hybridized carbons (Fsp3) is 0.290. The number of phenols is 1. The molecule has 46 heavy (non-hydrogen) atoms. The highest BCUT2D eigenvalue weighted by molar-refractivity contribution is 9.12. The molecule has 6 rings (SSSR count). The van der Waals surface area contributed by atoms with Crippen LogP contribution >= 0.6 is 15.9 Å². The lowest BCUT2D eigenvalue weighted by Gasteiger charge is -2.42. The monoisotopic (exact) mass is 692 g/mol. The smallest absolute Gasteiger partial charge is 0.301 e. The number of halogens is 1. The zero-order valence-corrected chi connectivity index (χ0v) is 26.1. The minimum atomic E-state index is -1.06. The Morgan fingerprint density at radius 3 is 2.26 bits per heavy atom. The van der Waals surface area contributed by atoms with E-state index in [0.29, 0.717) is 5.57 Å². The number of nitrogens with zero attached hydrogens (tertiary/aromatic N) is 4. The van der Waals surface area contributed by atoms with E-state index < -0.39 is 68.3 Å². The summed E-state index contributed by atoms with van der Waals surface area (Å²) in [6.07, 6.45) is 2.88. The van der Waals surface area contributed by atoms with Crippen LogP contribution in [0.2, 0.25) is 0 Å². The van der Waals surface area contributed by atoms with Gasteiger partial charge in [0, 0.05) is 54.9 Å². The third kappa shape index (κ3) is 4.44. The summed E-state index contributed by atoms with van der Waals surface area (Å²) in [4.78, 5) is 79.3. The second-order valence-electron chi connectivity index (χ2n) is 11.5. The Kier molecular flexibility index (Phi) is 7.38. The standard InChI is InChI=1S/C31H25BrN4O10/c1-33(2)27-20(35(42)43)9-13(10-21(27)36(44)45)34-30(40)16-8-7-14-17(25(16)31(34)41)11-18-26(22(37)12-19(32)28(18)38)24(14)15-5-4-6-23(46-3)29(15)39/h4-7,9-10,12,16-17,24-25,39H,8,11H2,1-3H3/t16-,17+,24+,25-/m0/s1. The van der Waals surface area contributed by atoms with Crippen LogP contribution in [0.25, 0.3) is 0 Å². The Bertz CT molecular complexity index is 1880. The molecule has 1 saturated heterocycles. The summed E-state index contributed by atoms with van der Waals surface area (Å²) in [6, 6.07) is 6.67. The van der Waals surface area contributed by atoms with Crippen LogP contribution in [0.3, 0.4) is 0 Å². The number of hydrogen-bond acceptors (Lipinski definition) is 11. The fourth-order valence-corrected chi connectivity index (χ4v) is 7.66. The van der Waals surface area contributed by atoms with Crippen LogP contribution in [0, 0.1) is 38.0 Å². The molecule has 0 unspecified atom stereocenters. The van der Waals surface area contributed by atoms with Gasteiger partial charge in [-0.2, -0.15) is 0 Å². The molecule has 0 spiro atoms. The van der Waals surface area contributed by atoms with Gasteiger partial charge in [-0.15, -0.1) is 0 Å². The molecular formula is C31H25BrN4O10. The number of amides is 2. The number of phenolic OH excluding ortho intramolecular Hbond substituents is 1. The summed E-state index contributed by atoms with van der Waals surface area (Å²) in [5.74, 6) is -6.21. The lowest BCUT2D eigenvalue weighted by molar-refractivity contribution is -0.392. The molecule has 0 saturated carbocycles. The first-order chi connectivity index (χ1) is 21.8. The van der Waals surface area contributed by atoms with Crippen LogP contribution in [-0.4, -0.2) is 59.5 Å². The van der Waals surface area contributed by atoms with Crippen molar-refractivity contribution in [1.29, 1.82) is 0 Å². The molecule has 2 amide bonds. The van der Waals surface area contributed by atoms with E-state index in [9.17, 15) is 44.5 Å². The van der Waals surface area contributed by atoms with Crippen molar-refractivity contribution in [3.05, 3.63) is 89.5 Å². The molecule has 2 aromatic rings. The maximum absolute atomic E-state index is 14.2. The van der Waals surface area contributed by atoms with Gasteiger partial charge in [0.2, 0.25) is 11.8 Å². The molecule has 3 aliphatic carbocycles. The van der Waals surface area contributed by atoms with Crippen molar-refractivity contribution in [3.8, 4) is 11.5 Å². The van der Waals surface area contributed by atoms with E-state index in [2.05, 4.69) is 15.9 Å². The van der Waals surface area contributed by atoms with E-state index in [1.54, 1.807) is 18.2 Å². The molecule has 0 aromatic heterocycles. The van der Waals surface area contributed by atoms with Crippen molar-refractivity contribution in [3.63, 3.8) is 0 Å². The molecule has 1 aliphatic heterocycles. The average molecular weight is 693 g/mol. The van der Waals surface area contributed by atoms with Gasteiger partial charge in [-0.3, -0.25) is 39.4 Å². The number of imide groups is 1. The number of nitro benzene ring substituents is 2. The minimum Gasteiger partial charge on any atom is -0.504 e. The van der Waals surface area contributed by atoms with Crippen LogP contribution in [0.1, 0.15) is 24.3 Å². The van der Waals surface area contributed by atoms with Gasteiger partial charge in [0.15, 0.2) is 28.8 Å². The van der Waals surface area contributed by atoms with Crippen LogP contribution in [0.15, 0.2) is 63.7 Å². The Hall–Kier alpha value is -5.18. The Morgan fingerprint density at radius 2 is 1.67 bits per heavy atom. The Labute approximate surface area is 269 Å². The first-order valence-electron chi connectivity index (χ1n) is 14.0. The lowest BCUT2D eigenvalue weighted by Crippen LogP contribution is -2.39. The van der Waals surface area contributed by atoms with Gasteiger partial charge in [0.05, 0.1) is 39.0 Å². The molecule has 14 nitrogen and oxygen atoms in total. The number of ether oxygens (including phenoxy) is 1. The third-order valence-electron chi connectivity index (χ3n) is 9.05. The Balaban J connectivity index is 1.50. The van der Waals surface area contributed by atoms with E-state index in [1.807, 2.05) is 0 Å². The second kappa shape index (κ2) is 11.0. The molecule has 0 radical (unpaired) electrons. The predicted octanol–water partition coefficient (Wildman–Crippen LogP) is 4.25. The summed E-state index contributed by atoms with van der Waals surface area (Å²) in [5, 5.41) is 35.1. The number of benzene rings is 2. The number of nitro groups is 2. The largest absolute Gasteiger partial charge is 0.504 e. The van der Waals surface area contributed by atoms with E-state index in [1.165, 1.54) is 38.2 Å². The maximum Gasteiger partial charge on any atom is 0.301 e. The topological polar surface area (TPSA) is 190 Å². The zero-order chi connectivity index (χ0) is 33.4. The van der Waals surface area contributed by atoms with E-state index in [4.69, 9.17) is 4.74 Å². The first-order valence-corrected chi connectivity index (χ1v) is 14.8. The molecule has 1 fully saturated rings. The molecule has 1 heterocycles. The highest BCUT2D eigenvalue weighted by atomic mass is 79.9. The third-order valence-corrected chi connectivity index (χ3v) is 9.63. The number of rotatable bonds is 6. The van der Waals surface area contributed by atoms with Crippen molar-refractivity contribution >= 4 is 62.1 Å². The van der Waals surface area contributed by atoms with E-state index in [-0.39, 0.29) is 56.9 Å². The van der Waals surface area contributed by atoms with Crippen molar-refractivity contribution < 1.29 is 38.9 Å².